The molecule has 0 radical (unpaired) electrons. The second kappa shape index (κ2) is 8.87. The Kier molecular flexibility index (Phi) is 7.80. The Bertz CT molecular complexity index is 648. The molecule has 0 aliphatic rings. The Morgan fingerprint density at radius 3 is 2.39 bits per heavy atom. The van der Waals surface area contributed by atoms with E-state index in [0.717, 1.165) is 6.42 Å². The predicted octanol–water partition coefficient (Wildman–Crippen LogP) is 3.03. The number of sulfonamides is 1. The lowest BCUT2D eigenvalue weighted by atomic mass is 10.1. The Morgan fingerprint density at radius 2 is 1.87 bits per heavy atom. The predicted molar refractivity (Wildman–Crippen MR) is 94.7 cm³/mol. The van der Waals surface area contributed by atoms with Crippen molar-refractivity contribution in [3.8, 4) is 0 Å². The van der Waals surface area contributed by atoms with Gasteiger partial charge in [-0.15, -0.1) is 0 Å². The molecule has 0 fully saturated rings. The number of halogens is 2. The van der Waals surface area contributed by atoms with E-state index in [1.54, 1.807) is 12.1 Å². The fourth-order valence-corrected chi connectivity index (χ4v) is 3.04. The molecular weight excluding hydrogens is 359 g/mol. The highest BCUT2D eigenvalue weighted by atomic mass is 35.5. The van der Waals surface area contributed by atoms with Crippen LogP contribution in [0.5, 0.6) is 0 Å². The third kappa shape index (κ3) is 7.08. The summed E-state index contributed by atoms with van der Waals surface area (Å²) in [6.07, 6.45) is 1.95. The minimum absolute atomic E-state index is 0.226. The van der Waals surface area contributed by atoms with Gasteiger partial charge in [-0.2, -0.15) is 0 Å². The van der Waals surface area contributed by atoms with E-state index in [0.29, 0.717) is 28.1 Å². The molecule has 1 aromatic rings. The van der Waals surface area contributed by atoms with Crippen molar-refractivity contribution in [2.24, 2.45) is 5.92 Å². The summed E-state index contributed by atoms with van der Waals surface area (Å²) >= 11 is 11.7. The molecule has 8 heteroatoms. The number of nitrogens with zero attached hydrogens (tertiary/aromatic N) is 1. The highest BCUT2D eigenvalue weighted by molar-refractivity contribution is 7.88. The topological polar surface area (TPSA) is 66.5 Å². The van der Waals surface area contributed by atoms with Crippen LogP contribution in [0.3, 0.4) is 0 Å². The number of carbonyl (C=O) groups excluding carboxylic acids is 1. The summed E-state index contributed by atoms with van der Waals surface area (Å²) in [6, 6.07) is 4.59. The van der Waals surface area contributed by atoms with Gasteiger partial charge in [0.05, 0.1) is 16.3 Å². The van der Waals surface area contributed by atoms with Crippen molar-refractivity contribution in [2.45, 2.75) is 20.3 Å². The molecular formula is C15H22Cl2N2O3S. The standard InChI is InChI=1S/C15H22Cl2N2O3S/c1-11(2)6-8-19(23(3,21)22)9-7-18-15(20)12-4-5-13(16)14(17)10-12/h4-5,10-11H,6-9H2,1-3H3,(H,18,20). The van der Waals surface area contributed by atoms with Crippen molar-refractivity contribution < 1.29 is 13.2 Å². The van der Waals surface area contributed by atoms with Gasteiger partial charge >= 0.3 is 0 Å². The Hall–Kier alpha value is -0.820. The third-order valence-electron chi connectivity index (χ3n) is 3.25. The van der Waals surface area contributed by atoms with Gasteiger partial charge < -0.3 is 5.32 Å². The van der Waals surface area contributed by atoms with Gasteiger partial charge in [0.1, 0.15) is 0 Å². The van der Waals surface area contributed by atoms with E-state index in [-0.39, 0.29) is 19.0 Å². The molecule has 1 rings (SSSR count). The Morgan fingerprint density at radius 1 is 1.22 bits per heavy atom. The molecule has 0 atom stereocenters. The molecule has 0 saturated heterocycles. The molecule has 5 nitrogen and oxygen atoms in total. The van der Waals surface area contributed by atoms with Crippen LogP contribution in [0.25, 0.3) is 0 Å². The van der Waals surface area contributed by atoms with Crippen LogP contribution in [0.4, 0.5) is 0 Å². The van der Waals surface area contributed by atoms with Crippen molar-refractivity contribution in [3.63, 3.8) is 0 Å². The first-order chi connectivity index (χ1) is 10.6. The van der Waals surface area contributed by atoms with Gasteiger partial charge in [-0.25, -0.2) is 12.7 Å². The molecule has 0 bridgehead atoms. The van der Waals surface area contributed by atoms with Gasteiger partial charge in [0.15, 0.2) is 0 Å². The average molecular weight is 381 g/mol. The van der Waals surface area contributed by atoms with Crippen LogP contribution in [-0.4, -0.2) is 44.5 Å². The lowest BCUT2D eigenvalue weighted by Crippen LogP contribution is -2.38. The van der Waals surface area contributed by atoms with Gasteiger partial charge in [-0.05, 0) is 30.5 Å². The maximum absolute atomic E-state index is 12.0. The highest BCUT2D eigenvalue weighted by Gasteiger charge is 2.17. The van der Waals surface area contributed by atoms with E-state index in [9.17, 15) is 13.2 Å². The van der Waals surface area contributed by atoms with Crippen molar-refractivity contribution in [1.29, 1.82) is 0 Å². The average Bonchev–Trinajstić information content (AvgIpc) is 2.43. The number of carbonyl (C=O) groups is 1. The molecule has 0 saturated carbocycles. The van der Waals surface area contributed by atoms with E-state index in [1.165, 1.54) is 16.6 Å². The lowest BCUT2D eigenvalue weighted by Gasteiger charge is -2.21. The number of hydrogen-bond acceptors (Lipinski definition) is 3. The van der Waals surface area contributed by atoms with E-state index >= 15 is 0 Å². The first kappa shape index (κ1) is 20.2. The normalized spacial score (nSPS) is 12.0. The quantitative estimate of drug-likeness (QED) is 0.753. The summed E-state index contributed by atoms with van der Waals surface area (Å²) in [5.74, 6) is 0.0888. The van der Waals surface area contributed by atoms with Gasteiger partial charge in [0.25, 0.3) is 5.91 Å². The molecule has 0 heterocycles. The molecule has 0 spiro atoms. The van der Waals surface area contributed by atoms with E-state index < -0.39 is 10.0 Å². The van der Waals surface area contributed by atoms with Crippen LogP contribution in [0, 0.1) is 5.92 Å². The molecule has 1 aromatic carbocycles. The number of amides is 1. The van der Waals surface area contributed by atoms with Crippen molar-refractivity contribution >= 4 is 39.1 Å². The molecule has 0 unspecified atom stereocenters. The fourth-order valence-electron chi connectivity index (χ4n) is 1.88. The zero-order valence-electron chi connectivity index (χ0n) is 13.5. The van der Waals surface area contributed by atoms with E-state index in [4.69, 9.17) is 23.2 Å². The second-order valence-corrected chi connectivity index (χ2v) is 8.53. The molecule has 0 aliphatic heterocycles. The van der Waals surface area contributed by atoms with Gasteiger partial charge in [-0.3, -0.25) is 4.79 Å². The van der Waals surface area contributed by atoms with Crippen LogP contribution in [-0.2, 0) is 10.0 Å². The number of rotatable bonds is 8. The van der Waals surface area contributed by atoms with Gasteiger partial charge in [-0.1, -0.05) is 37.0 Å². The summed E-state index contributed by atoms with van der Waals surface area (Å²) in [5.41, 5.74) is 0.382. The molecule has 130 valence electrons. The summed E-state index contributed by atoms with van der Waals surface area (Å²) < 4.78 is 24.9. The minimum Gasteiger partial charge on any atom is -0.351 e. The molecule has 1 amide bonds. The maximum Gasteiger partial charge on any atom is 0.251 e. The molecule has 1 N–H and O–H groups in total. The first-order valence-electron chi connectivity index (χ1n) is 7.29. The highest BCUT2D eigenvalue weighted by Crippen LogP contribution is 2.22. The SMILES string of the molecule is CC(C)CCN(CCNC(=O)c1ccc(Cl)c(Cl)c1)S(C)(=O)=O. The van der Waals surface area contributed by atoms with E-state index in [1.807, 2.05) is 13.8 Å². The maximum atomic E-state index is 12.0. The smallest absolute Gasteiger partial charge is 0.251 e. The van der Waals surface area contributed by atoms with Crippen LogP contribution in [0.1, 0.15) is 30.6 Å². The first-order valence-corrected chi connectivity index (χ1v) is 9.90. The summed E-state index contributed by atoms with van der Waals surface area (Å²) in [7, 11) is -3.29. The van der Waals surface area contributed by atoms with Crippen molar-refractivity contribution in [1.82, 2.24) is 9.62 Å². The minimum atomic E-state index is -3.29. The summed E-state index contributed by atoms with van der Waals surface area (Å²) in [4.78, 5) is 12.0. The monoisotopic (exact) mass is 380 g/mol. The van der Waals surface area contributed by atoms with Crippen LogP contribution >= 0.6 is 23.2 Å². The van der Waals surface area contributed by atoms with Crippen molar-refractivity contribution in [3.05, 3.63) is 33.8 Å². The third-order valence-corrected chi connectivity index (χ3v) is 5.30. The Balaban J connectivity index is 2.58. The molecule has 0 aliphatic carbocycles. The zero-order valence-corrected chi connectivity index (χ0v) is 15.8. The van der Waals surface area contributed by atoms with Crippen LogP contribution in [0.15, 0.2) is 18.2 Å². The van der Waals surface area contributed by atoms with E-state index in [2.05, 4.69) is 5.32 Å². The number of hydrogen-bond donors (Lipinski definition) is 1. The number of nitrogens with one attached hydrogen (secondary N) is 1. The Labute approximate surface area is 148 Å². The van der Waals surface area contributed by atoms with Crippen molar-refractivity contribution in [2.75, 3.05) is 25.9 Å². The fraction of sp³-hybridized carbons (Fsp3) is 0.533. The van der Waals surface area contributed by atoms with Gasteiger partial charge in [0, 0.05) is 25.2 Å². The molecule has 0 aromatic heterocycles. The summed E-state index contributed by atoms with van der Waals surface area (Å²) in [6.45, 7) is 4.97. The lowest BCUT2D eigenvalue weighted by molar-refractivity contribution is 0.0951. The van der Waals surface area contributed by atoms with Gasteiger partial charge in [0.2, 0.25) is 10.0 Å². The van der Waals surface area contributed by atoms with Crippen LogP contribution in [0.2, 0.25) is 10.0 Å². The van der Waals surface area contributed by atoms with Crippen LogP contribution < -0.4 is 5.32 Å². The largest absolute Gasteiger partial charge is 0.351 e. The second-order valence-electron chi connectivity index (χ2n) is 5.73. The summed E-state index contributed by atoms with van der Waals surface area (Å²) in [5, 5.41) is 3.36. The number of benzene rings is 1. The zero-order chi connectivity index (χ0) is 17.6. The molecule has 23 heavy (non-hydrogen) atoms.